The van der Waals surface area contributed by atoms with Gasteiger partial charge in [-0.3, -0.25) is 0 Å². The Morgan fingerprint density at radius 2 is 1.90 bits per heavy atom. The summed E-state index contributed by atoms with van der Waals surface area (Å²) in [6.45, 7) is 1.80. The molecule has 3 rings (SSSR count). The minimum absolute atomic E-state index is 0.737. The van der Waals surface area contributed by atoms with Crippen LogP contribution in [0, 0.1) is 0 Å². The molecule has 0 heterocycles. The van der Waals surface area contributed by atoms with E-state index >= 15 is 0 Å². The van der Waals surface area contributed by atoms with Crippen LogP contribution in [0.25, 0.3) is 16.8 Å². The molecule has 0 saturated carbocycles. The summed E-state index contributed by atoms with van der Waals surface area (Å²) in [6, 6.07) is 10.8. The number of benzene rings is 2. The Bertz CT molecular complexity index is 741. The fourth-order valence-corrected chi connectivity index (χ4v) is 2.88. The maximum atomic E-state index is 10.6. The molecule has 0 aliphatic heterocycles. The van der Waals surface area contributed by atoms with E-state index in [1.165, 1.54) is 28.0 Å². The lowest BCUT2D eigenvalue weighted by Crippen LogP contribution is -1.88. The van der Waals surface area contributed by atoms with Crippen LogP contribution in [0.15, 0.2) is 48.1 Å². The van der Waals surface area contributed by atoms with E-state index in [0.29, 0.717) is 0 Å². The fourth-order valence-electron chi connectivity index (χ4n) is 2.88. The molecule has 0 amide bonds. The second kappa shape index (κ2) is 4.97. The highest BCUT2D eigenvalue weighted by molar-refractivity contribution is 5.96. The van der Waals surface area contributed by atoms with Gasteiger partial charge in [-0.05, 0) is 52.8 Å². The molecule has 1 aliphatic rings. The molecule has 100 valence electrons. The number of carboxylic acids is 1. The van der Waals surface area contributed by atoms with Crippen LogP contribution in [0.1, 0.15) is 23.6 Å². The van der Waals surface area contributed by atoms with Gasteiger partial charge in [0, 0.05) is 6.08 Å². The van der Waals surface area contributed by atoms with Crippen LogP contribution in [0.2, 0.25) is 0 Å². The smallest absolute Gasteiger partial charge is 0.328 e. The van der Waals surface area contributed by atoms with E-state index in [2.05, 4.69) is 30.3 Å². The lowest BCUT2D eigenvalue weighted by molar-refractivity contribution is -0.131. The van der Waals surface area contributed by atoms with Crippen molar-refractivity contribution in [1.29, 1.82) is 0 Å². The summed E-state index contributed by atoms with van der Waals surface area (Å²) >= 11 is 0. The van der Waals surface area contributed by atoms with E-state index in [1.54, 1.807) is 6.92 Å². The number of aliphatic carboxylic acids is 1. The van der Waals surface area contributed by atoms with Gasteiger partial charge in [-0.25, -0.2) is 4.79 Å². The molecule has 0 fully saturated rings. The Balaban J connectivity index is 2.06. The summed E-state index contributed by atoms with van der Waals surface area (Å²) in [4.78, 5) is 10.6. The third-order valence-electron chi connectivity index (χ3n) is 3.79. The molecule has 2 heteroatoms. The Hall–Kier alpha value is -2.35. The monoisotopic (exact) mass is 264 g/mol. The standard InChI is InChI=1S/C18H16O2/c1-12(11-17(19)20)5-6-13-7-8-15-10-9-14-3-2-4-16(13)18(14)15/h2-8,11H,9-10H2,1H3,(H,19,20)/b6-5+,12-11+. The number of rotatable bonds is 3. The van der Waals surface area contributed by atoms with Gasteiger partial charge in [-0.1, -0.05) is 42.5 Å². The van der Waals surface area contributed by atoms with Gasteiger partial charge in [0.2, 0.25) is 0 Å². The molecule has 2 aromatic rings. The molecule has 0 spiro atoms. The number of hydrogen-bond acceptors (Lipinski definition) is 1. The molecule has 0 unspecified atom stereocenters. The highest BCUT2D eigenvalue weighted by Crippen LogP contribution is 2.33. The summed E-state index contributed by atoms with van der Waals surface area (Å²) in [6.07, 6.45) is 7.31. The maximum absolute atomic E-state index is 10.6. The zero-order valence-electron chi connectivity index (χ0n) is 11.4. The van der Waals surface area contributed by atoms with Crippen LogP contribution in [0.5, 0.6) is 0 Å². The molecule has 1 aliphatic carbocycles. The zero-order valence-corrected chi connectivity index (χ0v) is 11.4. The molecule has 1 N–H and O–H groups in total. The van der Waals surface area contributed by atoms with Gasteiger partial charge in [-0.2, -0.15) is 0 Å². The molecule has 2 aromatic carbocycles. The summed E-state index contributed by atoms with van der Waals surface area (Å²) in [5.41, 5.74) is 4.72. The lowest BCUT2D eigenvalue weighted by Gasteiger charge is -2.05. The first kappa shape index (κ1) is 12.7. The third-order valence-corrected chi connectivity index (χ3v) is 3.79. The Kier molecular flexibility index (Phi) is 3.15. The Morgan fingerprint density at radius 1 is 1.15 bits per heavy atom. The quantitative estimate of drug-likeness (QED) is 0.672. The van der Waals surface area contributed by atoms with Crippen molar-refractivity contribution in [3.8, 4) is 0 Å². The largest absolute Gasteiger partial charge is 0.478 e. The third kappa shape index (κ3) is 2.25. The first-order chi connectivity index (χ1) is 9.65. The van der Waals surface area contributed by atoms with Gasteiger partial charge >= 0.3 is 5.97 Å². The van der Waals surface area contributed by atoms with Gasteiger partial charge in [-0.15, -0.1) is 0 Å². The summed E-state index contributed by atoms with van der Waals surface area (Å²) < 4.78 is 0. The fraction of sp³-hybridized carbons (Fsp3) is 0.167. The highest BCUT2D eigenvalue weighted by atomic mass is 16.4. The second-order valence-corrected chi connectivity index (χ2v) is 5.21. The van der Waals surface area contributed by atoms with Gasteiger partial charge < -0.3 is 5.11 Å². The van der Waals surface area contributed by atoms with E-state index in [4.69, 9.17) is 5.11 Å². The van der Waals surface area contributed by atoms with Crippen LogP contribution >= 0.6 is 0 Å². The number of carboxylic acid groups (broad SMARTS) is 1. The van der Waals surface area contributed by atoms with Crippen LogP contribution in [-0.4, -0.2) is 11.1 Å². The first-order valence-electron chi connectivity index (χ1n) is 6.78. The highest BCUT2D eigenvalue weighted by Gasteiger charge is 2.14. The molecular weight excluding hydrogens is 248 g/mol. The van der Waals surface area contributed by atoms with Crippen molar-refractivity contribution in [3.63, 3.8) is 0 Å². The summed E-state index contributed by atoms with van der Waals surface area (Å²) in [7, 11) is 0. The predicted octanol–water partition coefficient (Wildman–Crippen LogP) is 3.98. The van der Waals surface area contributed by atoms with Crippen LogP contribution in [0.4, 0.5) is 0 Å². The molecule has 0 radical (unpaired) electrons. The molecule has 20 heavy (non-hydrogen) atoms. The molecule has 0 atom stereocenters. The van der Waals surface area contributed by atoms with Crippen molar-refractivity contribution in [2.45, 2.75) is 19.8 Å². The van der Waals surface area contributed by atoms with Crippen molar-refractivity contribution >= 4 is 22.8 Å². The zero-order chi connectivity index (χ0) is 14.1. The lowest BCUT2D eigenvalue weighted by atomic mass is 9.99. The van der Waals surface area contributed by atoms with Crippen molar-refractivity contribution in [2.24, 2.45) is 0 Å². The number of hydrogen-bond donors (Lipinski definition) is 1. The number of carbonyl (C=O) groups is 1. The van der Waals surface area contributed by atoms with E-state index in [0.717, 1.165) is 24.0 Å². The van der Waals surface area contributed by atoms with Crippen LogP contribution in [-0.2, 0) is 17.6 Å². The van der Waals surface area contributed by atoms with Gasteiger partial charge in [0.15, 0.2) is 0 Å². The van der Waals surface area contributed by atoms with Crippen molar-refractivity contribution in [2.75, 3.05) is 0 Å². The van der Waals surface area contributed by atoms with E-state index in [9.17, 15) is 4.79 Å². The van der Waals surface area contributed by atoms with Gasteiger partial charge in [0.05, 0.1) is 0 Å². The normalized spacial score (nSPS) is 14.3. The van der Waals surface area contributed by atoms with Crippen molar-refractivity contribution < 1.29 is 9.90 Å². The molecule has 0 bridgehead atoms. The Labute approximate surface area is 118 Å². The molecular formula is C18H16O2. The Morgan fingerprint density at radius 3 is 2.65 bits per heavy atom. The maximum Gasteiger partial charge on any atom is 0.328 e. The van der Waals surface area contributed by atoms with Gasteiger partial charge in [0.25, 0.3) is 0 Å². The minimum Gasteiger partial charge on any atom is -0.478 e. The van der Waals surface area contributed by atoms with Crippen LogP contribution < -0.4 is 0 Å². The predicted molar refractivity (Wildman–Crippen MR) is 81.8 cm³/mol. The molecule has 2 nitrogen and oxygen atoms in total. The molecule has 0 saturated heterocycles. The van der Waals surface area contributed by atoms with E-state index in [1.807, 2.05) is 12.2 Å². The molecule has 0 aromatic heterocycles. The first-order valence-corrected chi connectivity index (χ1v) is 6.78. The van der Waals surface area contributed by atoms with Crippen molar-refractivity contribution in [3.05, 3.63) is 64.7 Å². The van der Waals surface area contributed by atoms with E-state index in [-0.39, 0.29) is 0 Å². The van der Waals surface area contributed by atoms with E-state index < -0.39 is 5.97 Å². The minimum atomic E-state index is -0.910. The van der Waals surface area contributed by atoms with Crippen molar-refractivity contribution in [1.82, 2.24) is 0 Å². The number of allylic oxidation sites excluding steroid dienone is 2. The summed E-state index contributed by atoms with van der Waals surface area (Å²) in [5, 5.41) is 11.4. The average molecular weight is 264 g/mol. The summed E-state index contributed by atoms with van der Waals surface area (Å²) in [5.74, 6) is -0.910. The number of aryl methyl sites for hydroxylation is 2. The average Bonchev–Trinajstić information content (AvgIpc) is 2.83. The van der Waals surface area contributed by atoms with Gasteiger partial charge in [0.1, 0.15) is 0 Å². The topological polar surface area (TPSA) is 37.3 Å². The second-order valence-electron chi connectivity index (χ2n) is 5.21. The van der Waals surface area contributed by atoms with Crippen LogP contribution in [0.3, 0.4) is 0 Å². The SMILES string of the molecule is CC(/C=C/c1ccc2c3c(cccc13)CC2)=C\C(=O)O.